The maximum Gasteiger partial charge on any atom is 0.326 e. The lowest BCUT2D eigenvalue weighted by Crippen LogP contribution is -2.41. The van der Waals surface area contributed by atoms with Crippen LogP contribution >= 0.6 is 23.1 Å². The molecule has 6 nitrogen and oxygen atoms in total. The Hall–Kier alpha value is -1.93. The lowest BCUT2D eigenvalue weighted by atomic mass is 10.1. The molecular formula is C17H19N3O3S2. The Balaban J connectivity index is 1.87. The van der Waals surface area contributed by atoms with Gasteiger partial charge in [0.2, 0.25) is 5.91 Å². The highest BCUT2D eigenvalue weighted by atomic mass is 32.2. The largest absolute Gasteiger partial charge is 0.465 e. The summed E-state index contributed by atoms with van der Waals surface area (Å²) in [4.78, 5) is 26.7. The number of amides is 1. The number of thioether (sulfide) groups is 1. The molecule has 0 radical (unpaired) electrons. The van der Waals surface area contributed by atoms with Crippen molar-refractivity contribution in [2.45, 2.75) is 36.3 Å². The Bertz CT molecular complexity index is 778. The number of esters is 1. The molecule has 1 unspecified atom stereocenters. The van der Waals surface area contributed by atoms with Gasteiger partial charge in [0.15, 0.2) is 4.34 Å². The van der Waals surface area contributed by atoms with E-state index in [4.69, 9.17) is 4.74 Å². The number of ether oxygens (including phenoxy) is 1. The van der Waals surface area contributed by atoms with Gasteiger partial charge >= 0.3 is 5.97 Å². The molecule has 25 heavy (non-hydrogen) atoms. The number of aryl methyl sites for hydroxylation is 2. The van der Waals surface area contributed by atoms with Crippen molar-refractivity contribution in [2.24, 2.45) is 0 Å². The highest BCUT2D eigenvalue weighted by molar-refractivity contribution is 8.02. The smallest absolute Gasteiger partial charge is 0.326 e. The number of hydrogen-bond acceptors (Lipinski definition) is 7. The first kappa shape index (κ1) is 17.9. The van der Waals surface area contributed by atoms with E-state index in [0.717, 1.165) is 27.0 Å². The van der Waals surface area contributed by atoms with Crippen molar-refractivity contribution in [1.82, 2.24) is 10.2 Å². The fourth-order valence-corrected chi connectivity index (χ4v) is 4.86. The van der Waals surface area contributed by atoms with Gasteiger partial charge in [0, 0.05) is 5.69 Å². The number of carbonyl (C=O) groups excluding carboxylic acids is 2. The van der Waals surface area contributed by atoms with Crippen LogP contribution in [0.15, 0.2) is 28.6 Å². The predicted molar refractivity (Wildman–Crippen MR) is 98.0 cm³/mol. The third-order valence-electron chi connectivity index (χ3n) is 3.84. The van der Waals surface area contributed by atoms with Crippen LogP contribution in [0.3, 0.4) is 0 Å². The fraction of sp³-hybridized carbons (Fsp3) is 0.412. The lowest BCUT2D eigenvalue weighted by molar-refractivity contribution is -0.142. The van der Waals surface area contributed by atoms with E-state index in [1.54, 1.807) is 11.8 Å². The SMILES string of the molecule is CCOC(=O)CN1C(=O)C(Sc2nnc(C)s2)CCc2ccccc21. The molecule has 2 heterocycles. The molecule has 0 spiro atoms. The topological polar surface area (TPSA) is 72.4 Å². The minimum absolute atomic E-state index is 0.0735. The number of aromatic nitrogens is 2. The number of nitrogens with zero attached hydrogens (tertiary/aromatic N) is 3. The van der Waals surface area contributed by atoms with Gasteiger partial charge in [-0.05, 0) is 38.3 Å². The summed E-state index contributed by atoms with van der Waals surface area (Å²) in [7, 11) is 0. The second kappa shape index (κ2) is 7.97. The van der Waals surface area contributed by atoms with Crippen LogP contribution < -0.4 is 4.90 Å². The highest BCUT2D eigenvalue weighted by Gasteiger charge is 2.33. The summed E-state index contributed by atoms with van der Waals surface area (Å²) >= 11 is 2.90. The average molecular weight is 377 g/mol. The number of carbonyl (C=O) groups is 2. The zero-order valence-electron chi connectivity index (χ0n) is 14.1. The third kappa shape index (κ3) is 4.19. The Morgan fingerprint density at radius 2 is 2.20 bits per heavy atom. The van der Waals surface area contributed by atoms with Crippen molar-refractivity contribution >= 4 is 40.7 Å². The third-order valence-corrected chi connectivity index (χ3v) is 6.02. The maximum absolute atomic E-state index is 13.1. The molecule has 3 rings (SSSR count). The van der Waals surface area contributed by atoms with Crippen molar-refractivity contribution in [3.63, 3.8) is 0 Å². The molecule has 1 aliphatic heterocycles. The Kier molecular flexibility index (Phi) is 5.70. The molecule has 0 saturated carbocycles. The number of hydrogen-bond donors (Lipinski definition) is 0. The molecule has 1 atom stereocenters. The molecule has 0 bridgehead atoms. The zero-order chi connectivity index (χ0) is 17.8. The summed E-state index contributed by atoms with van der Waals surface area (Å²) in [5, 5.41) is 8.69. The van der Waals surface area contributed by atoms with Crippen LogP contribution in [0.25, 0.3) is 0 Å². The zero-order valence-corrected chi connectivity index (χ0v) is 15.7. The number of benzene rings is 1. The van der Waals surface area contributed by atoms with Crippen LogP contribution in [-0.4, -0.2) is 40.5 Å². The molecule has 0 fully saturated rings. The van der Waals surface area contributed by atoms with E-state index >= 15 is 0 Å². The Morgan fingerprint density at radius 1 is 1.40 bits per heavy atom. The van der Waals surface area contributed by atoms with Gasteiger partial charge < -0.3 is 4.74 Å². The molecule has 0 saturated heterocycles. The van der Waals surface area contributed by atoms with Crippen molar-refractivity contribution in [3.8, 4) is 0 Å². The number of rotatable bonds is 5. The summed E-state index contributed by atoms with van der Waals surface area (Å²) in [6.45, 7) is 3.87. The van der Waals surface area contributed by atoms with Crippen LogP contribution in [0.4, 0.5) is 5.69 Å². The molecule has 132 valence electrons. The van der Waals surface area contributed by atoms with E-state index in [0.29, 0.717) is 13.0 Å². The van der Waals surface area contributed by atoms with Gasteiger partial charge in [-0.3, -0.25) is 14.5 Å². The standard InChI is InChI=1S/C17H19N3O3S2/c1-3-23-15(21)10-20-13-7-5-4-6-12(13)8-9-14(16(20)22)25-17-19-18-11(2)24-17/h4-7,14H,3,8-10H2,1-2H3. The van der Waals surface area contributed by atoms with Crippen LogP contribution in [0, 0.1) is 6.92 Å². The monoisotopic (exact) mass is 377 g/mol. The summed E-state index contributed by atoms with van der Waals surface area (Å²) in [5.74, 6) is -0.487. The predicted octanol–water partition coefficient (Wildman–Crippen LogP) is 2.85. The van der Waals surface area contributed by atoms with Crippen molar-refractivity contribution in [2.75, 3.05) is 18.1 Å². The number of para-hydroxylation sites is 1. The molecule has 1 amide bonds. The molecule has 1 aliphatic rings. The van der Waals surface area contributed by atoms with E-state index < -0.39 is 5.97 Å². The van der Waals surface area contributed by atoms with Gasteiger partial charge in [0.25, 0.3) is 0 Å². The molecule has 2 aromatic rings. The molecule has 1 aromatic carbocycles. The number of anilines is 1. The van der Waals surface area contributed by atoms with E-state index in [1.807, 2.05) is 31.2 Å². The van der Waals surface area contributed by atoms with Crippen LogP contribution in [0.5, 0.6) is 0 Å². The average Bonchev–Trinajstić information content (AvgIpc) is 2.96. The maximum atomic E-state index is 13.1. The van der Waals surface area contributed by atoms with Gasteiger partial charge in [0.1, 0.15) is 11.6 Å². The summed E-state index contributed by atoms with van der Waals surface area (Å²) in [5.41, 5.74) is 1.86. The van der Waals surface area contributed by atoms with Gasteiger partial charge in [-0.15, -0.1) is 10.2 Å². The minimum atomic E-state index is -0.400. The second-order valence-electron chi connectivity index (χ2n) is 5.59. The Morgan fingerprint density at radius 3 is 2.92 bits per heavy atom. The summed E-state index contributed by atoms with van der Waals surface area (Å²) in [6, 6.07) is 7.72. The first-order chi connectivity index (χ1) is 12.1. The van der Waals surface area contributed by atoms with E-state index in [1.165, 1.54) is 23.1 Å². The van der Waals surface area contributed by atoms with Crippen molar-refractivity contribution in [1.29, 1.82) is 0 Å². The normalized spacial score (nSPS) is 17.1. The van der Waals surface area contributed by atoms with E-state index in [2.05, 4.69) is 10.2 Å². The summed E-state index contributed by atoms with van der Waals surface area (Å²) in [6.07, 6.45) is 1.47. The van der Waals surface area contributed by atoms with E-state index in [9.17, 15) is 9.59 Å². The first-order valence-corrected chi connectivity index (χ1v) is 9.79. The van der Waals surface area contributed by atoms with E-state index in [-0.39, 0.29) is 17.7 Å². The summed E-state index contributed by atoms with van der Waals surface area (Å²) < 4.78 is 5.82. The van der Waals surface area contributed by atoms with Crippen molar-refractivity contribution in [3.05, 3.63) is 34.8 Å². The second-order valence-corrected chi connectivity index (χ2v) is 8.22. The van der Waals surface area contributed by atoms with Crippen LogP contribution in [0.1, 0.15) is 23.9 Å². The first-order valence-electron chi connectivity index (χ1n) is 8.10. The number of fused-ring (bicyclic) bond motifs is 1. The Labute approximate surface area is 154 Å². The van der Waals surface area contributed by atoms with Gasteiger partial charge in [-0.1, -0.05) is 41.3 Å². The fourth-order valence-electron chi connectivity index (χ4n) is 2.74. The van der Waals surface area contributed by atoms with Crippen LogP contribution in [-0.2, 0) is 20.7 Å². The van der Waals surface area contributed by atoms with Gasteiger partial charge in [0.05, 0.1) is 11.9 Å². The van der Waals surface area contributed by atoms with Crippen LogP contribution in [0.2, 0.25) is 0 Å². The quantitative estimate of drug-likeness (QED) is 0.746. The molecule has 0 aliphatic carbocycles. The van der Waals surface area contributed by atoms with Gasteiger partial charge in [-0.2, -0.15) is 0 Å². The molecular weight excluding hydrogens is 358 g/mol. The molecule has 8 heteroatoms. The molecule has 1 aromatic heterocycles. The lowest BCUT2D eigenvalue weighted by Gasteiger charge is -2.24. The van der Waals surface area contributed by atoms with Gasteiger partial charge in [-0.25, -0.2) is 0 Å². The molecule has 0 N–H and O–H groups in total. The van der Waals surface area contributed by atoms with Crippen molar-refractivity contribution < 1.29 is 14.3 Å². The minimum Gasteiger partial charge on any atom is -0.465 e. The highest BCUT2D eigenvalue weighted by Crippen LogP contribution is 2.35.